The molecule has 2 amide bonds. The van der Waals surface area contributed by atoms with Gasteiger partial charge in [-0.3, -0.25) is 9.59 Å². The summed E-state index contributed by atoms with van der Waals surface area (Å²) in [5, 5.41) is 0.751. The number of aromatic nitrogens is 1. The fourth-order valence-electron chi connectivity index (χ4n) is 2.50. The monoisotopic (exact) mass is 286 g/mol. The van der Waals surface area contributed by atoms with Gasteiger partial charge < -0.3 is 14.0 Å². The molecule has 0 N–H and O–H groups in total. The summed E-state index contributed by atoms with van der Waals surface area (Å²) < 4.78 is 12.4. The molecule has 0 radical (unpaired) electrons. The van der Waals surface area contributed by atoms with E-state index in [1.165, 1.54) is 12.2 Å². The standard InChI is InChI=1S/C15H14N2O4/c1-16-8-11(17-14(18)4-5-15(17)19)9-6-12(20-2)13(21-3)7-10(9)16/h4-8H,1-3H3. The maximum atomic E-state index is 11.9. The van der Waals surface area contributed by atoms with Crippen molar-refractivity contribution in [1.29, 1.82) is 0 Å². The Morgan fingerprint density at radius 2 is 1.52 bits per heavy atom. The van der Waals surface area contributed by atoms with E-state index >= 15 is 0 Å². The summed E-state index contributed by atoms with van der Waals surface area (Å²) in [5.41, 5.74) is 1.38. The van der Waals surface area contributed by atoms with Crippen molar-refractivity contribution in [1.82, 2.24) is 4.57 Å². The number of hydrogen-bond acceptors (Lipinski definition) is 4. The molecule has 0 saturated heterocycles. The van der Waals surface area contributed by atoms with Crippen molar-refractivity contribution in [2.75, 3.05) is 19.1 Å². The van der Waals surface area contributed by atoms with Gasteiger partial charge in [0.2, 0.25) is 0 Å². The third kappa shape index (κ3) is 1.87. The van der Waals surface area contributed by atoms with Gasteiger partial charge in [0.1, 0.15) is 0 Å². The summed E-state index contributed by atoms with van der Waals surface area (Å²) in [7, 11) is 4.95. The van der Waals surface area contributed by atoms with Gasteiger partial charge in [0.25, 0.3) is 11.8 Å². The molecule has 0 unspecified atom stereocenters. The minimum Gasteiger partial charge on any atom is -0.493 e. The van der Waals surface area contributed by atoms with Crippen LogP contribution in [0.3, 0.4) is 0 Å². The SMILES string of the molecule is COc1cc2c(N3C(=O)C=CC3=O)cn(C)c2cc1OC. The molecule has 21 heavy (non-hydrogen) atoms. The number of hydrogen-bond donors (Lipinski definition) is 0. The number of benzene rings is 1. The van der Waals surface area contributed by atoms with E-state index in [1.807, 2.05) is 17.7 Å². The molecule has 108 valence electrons. The van der Waals surface area contributed by atoms with Crippen molar-refractivity contribution in [3.05, 3.63) is 30.5 Å². The zero-order valence-corrected chi connectivity index (χ0v) is 11.9. The Bertz CT molecular complexity index is 771. The molecule has 0 fully saturated rings. The van der Waals surface area contributed by atoms with Gasteiger partial charge in [-0.1, -0.05) is 0 Å². The van der Waals surface area contributed by atoms with E-state index in [1.54, 1.807) is 26.5 Å². The molecule has 0 bridgehead atoms. The number of ether oxygens (including phenoxy) is 2. The van der Waals surface area contributed by atoms with E-state index in [9.17, 15) is 9.59 Å². The number of carbonyl (C=O) groups is 2. The molecular weight excluding hydrogens is 272 g/mol. The van der Waals surface area contributed by atoms with Gasteiger partial charge in [0, 0.05) is 36.8 Å². The van der Waals surface area contributed by atoms with Crippen LogP contribution >= 0.6 is 0 Å². The first-order valence-electron chi connectivity index (χ1n) is 6.34. The highest BCUT2D eigenvalue weighted by atomic mass is 16.5. The number of fused-ring (bicyclic) bond motifs is 1. The summed E-state index contributed by atoms with van der Waals surface area (Å²) >= 11 is 0. The first kappa shape index (κ1) is 13.2. The highest BCUT2D eigenvalue weighted by molar-refractivity contribution is 6.30. The van der Waals surface area contributed by atoms with Crippen LogP contribution in [-0.4, -0.2) is 30.6 Å². The average Bonchev–Trinajstić information content (AvgIpc) is 2.97. The maximum absolute atomic E-state index is 11.9. The molecular formula is C15H14N2O4. The first-order valence-corrected chi connectivity index (χ1v) is 6.34. The van der Waals surface area contributed by atoms with Gasteiger partial charge in [-0.05, 0) is 6.07 Å². The molecule has 0 saturated carbocycles. The molecule has 3 rings (SSSR count). The second-order valence-electron chi connectivity index (χ2n) is 4.69. The Morgan fingerprint density at radius 1 is 0.952 bits per heavy atom. The number of aryl methyl sites for hydroxylation is 1. The summed E-state index contributed by atoms with van der Waals surface area (Å²) in [6, 6.07) is 3.58. The lowest BCUT2D eigenvalue weighted by atomic mass is 10.2. The molecule has 1 aliphatic rings. The third-order valence-corrected chi connectivity index (χ3v) is 3.52. The highest BCUT2D eigenvalue weighted by Crippen LogP contribution is 2.38. The van der Waals surface area contributed by atoms with Crippen LogP contribution in [0.1, 0.15) is 0 Å². The zero-order chi connectivity index (χ0) is 15.1. The Hall–Kier alpha value is -2.76. The van der Waals surface area contributed by atoms with Gasteiger partial charge >= 0.3 is 0 Å². The summed E-state index contributed by atoms with van der Waals surface area (Å²) in [5.74, 6) is 0.448. The quantitative estimate of drug-likeness (QED) is 0.805. The van der Waals surface area contributed by atoms with E-state index in [4.69, 9.17) is 9.47 Å². The smallest absolute Gasteiger partial charge is 0.258 e. The van der Waals surface area contributed by atoms with Crippen molar-refractivity contribution in [2.45, 2.75) is 0 Å². The maximum Gasteiger partial charge on any atom is 0.258 e. The number of imide groups is 1. The Balaban J connectivity index is 2.25. The fourth-order valence-corrected chi connectivity index (χ4v) is 2.50. The van der Waals surface area contributed by atoms with Crippen LogP contribution in [-0.2, 0) is 16.6 Å². The lowest BCUT2D eigenvalue weighted by Crippen LogP contribution is -2.29. The van der Waals surface area contributed by atoms with Gasteiger partial charge in [-0.25, -0.2) is 4.90 Å². The van der Waals surface area contributed by atoms with Crippen molar-refractivity contribution >= 4 is 28.4 Å². The predicted octanol–water partition coefficient (Wildman–Crippen LogP) is 1.62. The Kier molecular flexibility index (Phi) is 2.94. The third-order valence-electron chi connectivity index (χ3n) is 3.52. The Labute approximate surface area is 121 Å². The topological polar surface area (TPSA) is 60.8 Å². The molecule has 0 spiro atoms. The normalized spacial score (nSPS) is 14.3. The Morgan fingerprint density at radius 3 is 2.10 bits per heavy atom. The lowest BCUT2D eigenvalue weighted by Gasteiger charge is -2.13. The lowest BCUT2D eigenvalue weighted by molar-refractivity contribution is -0.119. The van der Waals surface area contributed by atoms with E-state index < -0.39 is 0 Å². The average molecular weight is 286 g/mol. The van der Waals surface area contributed by atoms with Crippen LogP contribution in [0.25, 0.3) is 10.9 Å². The van der Waals surface area contributed by atoms with E-state index in [-0.39, 0.29) is 11.8 Å². The van der Waals surface area contributed by atoms with Crippen LogP contribution in [0.5, 0.6) is 11.5 Å². The minimum absolute atomic E-state index is 0.345. The van der Waals surface area contributed by atoms with Crippen molar-refractivity contribution in [2.24, 2.45) is 7.05 Å². The second-order valence-corrected chi connectivity index (χ2v) is 4.69. The van der Waals surface area contributed by atoms with Crippen molar-refractivity contribution < 1.29 is 19.1 Å². The summed E-state index contributed by atoms with van der Waals surface area (Å²) in [6.07, 6.45) is 4.27. The van der Waals surface area contributed by atoms with E-state index in [2.05, 4.69) is 0 Å². The number of amides is 2. The number of rotatable bonds is 3. The number of nitrogens with zero attached hydrogens (tertiary/aromatic N) is 2. The minimum atomic E-state index is -0.345. The molecule has 6 nitrogen and oxygen atoms in total. The highest BCUT2D eigenvalue weighted by Gasteiger charge is 2.28. The van der Waals surface area contributed by atoms with Crippen LogP contribution < -0.4 is 14.4 Å². The second kappa shape index (κ2) is 4.66. The molecule has 0 aliphatic carbocycles. The molecule has 1 aromatic carbocycles. The number of methoxy groups -OCH3 is 2. The zero-order valence-electron chi connectivity index (χ0n) is 11.9. The van der Waals surface area contributed by atoms with Crippen molar-refractivity contribution in [3.63, 3.8) is 0 Å². The van der Waals surface area contributed by atoms with E-state index in [0.717, 1.165) is 15.8 Å². The number of carbonyl (C=O) groups excluding carboxylic acids is 2. The molecule has 0 atom stereocenters. The van der Waals surface area contributed by atoms with Crippen LogP contribution in [0.15, 0.2) is 30.5 Å². The largest absolute Gasteiger partial charge is 0.493 e. The van der Waals surface area contributed by atoms with Crippen LogP contribution in [0.4, 0.5) is 5.69 Å². The molecule has 2 heterocycles. The molecule has 1 aromatic heterocycles. The van der Waals surface area contributed by atoms with Gasteiger partial charge in [-0.15, -0.1) is 0 Å². The van der Waals surface area contributed by atoms with Crippen LogP contribution in [0.2, 0.25) is 0 Å². The van der Waals surface area contributed by atoms with Gasteiger partial charge in [0.05, 0.1) is 25.4 Å². The molecule has 2 aromatic rings. The van der Waals surface area contributed by atoms with Gasteiger partial charge in [0.15, 0.2) is 11.5 Å². The predicted molar refractivity (Wildman–Crippen MR) is 77.7 cm³/mol. The van der Waals surface area contributed by atoms with Crippen molar-refractivity contribution in [3.8, 4) is 11.5 Å². The molecule has 6 heteroatoms. The fraction of sp³-hybridized carbons (Fsp3) is 0.200. The first-order chi connectivity index (χ1) is 10.1. The molecule has 1 aliphatic heterocycles. The van der Waals surface area contributed by atoms with E-state index in [0.29, 0.717) is 17.2 Å². The number of anilines is 1. The summed E-state index contributed by atoms with van der Waals surface area (Å²) in [4.78, 5) is 24.9. The van der Waals surface area contributed by atoms with Gasteiger partial charge in [-0.2, -0.15) is 0 Å². The summed E-state index contributed by atoms with van der Waals surface area (Å²) in [6.45, 7) is 0. The van der Waals surface area contributed by atoms with Crippen LogP contribution in [0, 0.1) is 0 Å².